The molecule has 0 unspecified atom stereocenters. The molecular weight excluding hydrogens is 310 g/mol. The Morgan fingerprint density at radius 3 is 2.79 bits per heavy atom. The van der Waals surface area contributed by atoms with Crippen molar-refractivity contribution in [3.05, 3.63) is 51.9 Å². The molecule has 1 aromatic carbocycles. The van der Waals surface area contributed by atoms with Crippen molar-refractivity contribution in [3.8, 4) is 11.5 Å². The highest BCUT2D eigenvalue weighted by molar-refractivity contribution is 5.91. The lowest BCUT2D eigenvalue weighted by molar-refractivity contribution is 0.0943. The lowest BCUT2D eigenvalue weighted by Gasteiger charge is -2.18. The van der Waals surface area contributed by atoms with E-state index in [1.165, 1.54) is 16.8 Å². The van der Waals surface area contributed by atoms with Gasteiger partial charge in [-0.2, -0.15) is 5.10 Å². The first kappa shape index (κ1) is 16.0. The highest BCUT2D eigenvalue weighted by Gasteiger charge is 2.13. The maximum atomic E-state index is 12.2. The molecule has 2 aromatic rings. The number of hydrogen-bond acceptors (Lipinski definition) is 5. The number of ether oxygens (including phenoxy) is 2. The van der Waals surface area contributed by atoms with Crippen LogP contribution in [0.5, 0.6) is 11.5 Å². The molecule has 1 aliphatic rings. The van der Waals surface area contributed by atoms with E-state index in [9.17, 15) is 9.59 Å². The Balaban J connectivity index is 1.67. The molecule has 24 heavy (non-hydrogen) atoms. The van der Waals surface area contributed by atoms with E-state index in [2.05, 4.69) is 10.4 Å². The van der Waals surface area contributed by atoms with Gasteiger partial charge in [0.1, 0.15) is 18.9 Å². The number of carbonyl (C=O) groups excluding carboxylic acids is 1. The summed E-state index contributed by atoms with van der Waals surface area (Å²) in [6, 6.07) is 8.35. The zero-order valence-electron chi connectivity index (χ0n) is 13.4. The van der Waals surface area contributed by atoms with Gasteiger partial charge in [-0.05, 0) is 30.2 Å². The molecule has 0 saturated carbocycles. The van der Waals surface area contributed by atoms with Gasteiger partial charge in [0.25, 0.3) is 11.5 Å². The minimum Gasteiger partial charge on any atom is -0.486 e. The van der Waals surface area contributed by atoms with Crippen molar-refractivity contribution in [2.75, 3.05) is 13.2 Å². The third-order valence-electron chi connectivity index (χ3n) is 3.59. The molecule has 1 aliphatic heterocycles. The average molecular weight is 329 g/mol. The number of fused-ring (bicyclic) bond motifs is 1. The molecule has 0 fully saturated rings. The minimum absolute atomic E-state index is 0.208. The predicted molar refractivity (Wildman–Crippen MR) is 87.4 cm³/mol. The van der Waals surface area contributed by atoms with Gasteiger partial charge in [-0.25, -0.2) is 4.68 Å². The fraction of sp³-hybridized carbons (Fsp3) is 0.353. The van der Waals surface area contributed by atoms with Gasteiger partial charge in [-0.3, -0.25) is 9.59 Å². The number of amides is 1. The molecule has 7 nitrogen and oxygen atoms in total. The normalized spacial score (nSPS) is 12.7. The third-order valence-corrected chi connectivity index (χ3v) is 3.59. The number of rotatable bonds is 5. The predicted octanol–water partition coefficient (Wildman–Crippen LogP) is 1.35. The summed E-state index contributed by atoms with van der Waals surface area (Å²) in [5.74, 6) is 1.07. The molecule has 1 aromatic heterocycles. The molecule has 3 rings (SSSR count). The lowest BCUT2D eigenvalue weighted by Crippen LogP contribution is -2.29. The van der Waals surface area contributed by atoms with E-state index in [-0.39, 0.29) is 17.2 Å². The van der Waals surface area contributed by atoms with Crippen molar-refractivity contribution in [1.82, 2.24) is 15.1 Å². The fourth-order valence-corrected chi connectivity index (χ4v) is 2.41. The van der Waals surface area contributed by atoms with Gasteiger partial charge in [0, 0.05) is 19.2 Å². The SMILES string of the molecule is CCCn1nc(C(=O)NCc2ccc3c(c2)OCCO3)ccc1=O. The van der Waals surface area contributed by atoms with Gasteiger partial charge in [0.05, 0.1) is 0 Å². The Morgan fingerprint density at radius 2 is 2.00 bits per heavy atom. The van der Waals surface area contributed by atoms with Crippen LogP contribution in [-0.2, 0) is 13.1 Å². The number of nitrogens with zero attached hydrogens (tertiary/aromatic N) is 2. The van der Waals surface area contributed by atoms with Gasteiger partial charge < -0.3 is 14.8 Å². The second-order valence-electron chi connectivity index (χ2n) is 5.44. The quantitative estimate of drug-likeness (QED) is 0.895. The van der Waals surface area contributed by atoms with Crippen LogP contribution in [0.4, 0.5) is 0 Å². The zero-order chi connectivity index (χ0) is 16.9. The van der Waals surface area contributed by atoms with E-state index in [0.717, 1.165) is 12.0 Å². The summed E-state index contributed by atoms with van der Waals surface area (Å²) in [7, 11) is 0. The summed E-state index contributed by atoms with van der Waals surface area (Å²) in [6.07, 6.45) is 0.773. The number of aromatic nitrogens is 2. The number of nitrogens with one attached hydrogen (secondary N) is 1. The minimum atomic E-state index is -0.324. The number of hydrogen-bond donors (Lipinski definition) is 1. The molecule has 0 bridgehead atoms. The largest absolute Gasteiger partial charge is 0.486 e. The second-order valence-corrected chi connectivity index (χ2v) is 5.44. The third kappa shape index (κ3) is 3.56. The van der Waals surface area contributed by atoms with Crippen molar-refractivity contribution in [3.63, 3.8) is 0 Å². The molecule has 0 aliphatic carbocycles. The van der Waals surface area contributed by atoms with Crippen LogP contribution in [0.15, 0.2) is 35.1 Å². The Kier molecular flexibility index (Phi) is 4.79. The summed E-state index contributed by atoms with van der Waals surface area (Å²) < 4.78 is 12.3. The van der Waals surface area contributed by atoms with Crippen molar-refractivity contribution in [2.24, 2.45) is 0 Å². The van der Waals surface area contributed by atoms with Crippen molar-refractivity contribution >= 4 is 5.91 Å². The van der Waals surface area contributed by atoms with Crippen LogP contribution < -0.4 is 20.3 Å². The molecule has 0 saturated heterocycles. The molecule has 0 atom stereocenters. The van der Waals surface area contributed by atoms with Crippen LogP contribution >= 0.6 is 0 Å². The van der Waals surface area contributed by atoms with Crippen LogP contribution in [0.1, 0.15) is 29.4 Å². The van der Waals surface area contributed by atoms with Gasteiger partial charge in [0.2, 0.25) is 0 Å². The first-order valence-electron chi connectivity index (χ1n) is 7.92. The van der Waals surface area contributed by atoms with Crippen LogP contribution in [0.2, 0.25) is 0 Å². The molecule has 0 radical (unpaired) electrons. The summed E-state index contributed by atoms with van der Waals surface area (Å²) in [4.78, 5) is 23.9. The second kappa shape index (κ2) is 7.16. The monoisotopic (exact) mass is 329 g/mol. The number of aryl methyl sites for hydroxylation is 1. The first-order chi connectivity index (χ1) is 11.7. The zero-order valence-corrected chi connectivity index (χ0v) is 13.4. The van der Waals surface area contributed by atoms with E-state index >= 15 is 0 Å². The lowest BCUT2D eigenvalue weighted by atomic mass is 10.2. The average Bonchev–Trinajstić information content (AvgIpc) is 2.61. The van der Waals surface area contributed by atoms with Gasteiger partial charge in [-0.1, -0.05) is 13.0 Å². The maximum Gasteiger partial charge on any atom is 0.271 e. The Morgan fingerprint density at radius 1 is 1.21 bits per heavy atom. The summed E-state index contributed by atoms with van der Waals surface area (Å²) in [5.41, 5.74) is 0.912. The standard InChI is InChI=1S/C17H19N3O4/c1-2-7-20-16(21)6-4-13(19-20)17(22)18-11-12-3-5-14-15(10-12)24-9-8-23-14/h3-6,10H,2,7-9,11H2,1H3,(H,18,22). The molecule has 1 N–H and O–H groups in total. The van der Waals surface area contributed by atoms with Crippen molar-refractivity contribution in [1.29, 1.82) is 0 Å². The van der Waals surface area contributed by atoms with E-state index in [4.69, 9.17) is 9.47 Å². The van der Waals surface area contributed by atoms with E-state index in [1.54, 1.807) is 0 Å². The van der Waals surface area contributed by atoms with Gasteiger partial charge >= 0.3 is 0 Å². The molecule has 126 valence electrons. The van der Waals surface area contributed by atoms with Crippen molar-refractivity contribution < 1.29 is 14.3 Å². The first-order valence-corrected chi connectivity index (χ1v) is 7.92. The topological polar surface area (TPSA) is 82.5 Å². The van der Waals surface area contributed by atoms with Crippen LogP contribution in [-0.4, -0.2) is 28.9 Å². The van der Waals surface area contributed by atoms with E-state index in [0.29, 0.717) is 37.8 Å². The van der Waals surface area contributed by atoms with Crippen molar-refractivity contribution in [2.45, 2.75) is 26.4 Å². The Bertz CT molecular complexity index is 801. The van der Waals surface area contributed by atoms with E-state index in [1.807, 2.05) is 25.1 Å². The highest BCUT2D eigenvalue weighted by atomic mass is 16.6. The summed E-state index contributed by atoms with van der Waals surface area (Å²) in [5, 5.41) is 6.89. The highest BCUT2D eigenvalue weighted by Crippen LogP contribution is 2.30. The summed E-state index contributed by atoms with van der Waals surface area (Å²) in [6.45, 7) is 3.84. The number of benzene rings is 1. The van der Waals surface area contributed by atoms with Crippen LogP contribution in [0.3, 0.4) is 0 Å². The Hall–Kier alpha value is -2.83. The summed E-state index contributed by atoms with van der Waals surface area (Å²) >= 11 is 0. The van der Waals surface area contributed by atoms with Gasteiger partial charge in [-0.15, -0.1) is 0 Å². The fourth-order valence-electron chi connectivity index (χ4n) is 2.41. The van der Waals surface area contributed by atoms with Crippen LogP contribution in [0, 0.1) is 0 Å². The smallest absolute Gasteiger partial charge is 0.271 e. The van der Waals surface area contributed by atoms with Crippen LogP contribution in [0.25, 0.3) is 0 Å². The number of carbonyl (C=O) groups is 1. The molecule has 7 heteroatoms. The molecule has 2 heterocycles. The molecular formula is C17H19N3O4. The molecule has 0 spiro atoms. The Labute approximate surface area is 139 Å². The van der Waals surface area contributed by atoms with E-state index < -0.39 is 0 Å². The molecule has 1 amide bonds. The van der Waals surface area contributed by atoms with Gasteiger partial charge in [0.15, 0.2) is 11.5 Å². The maximum absolute atomic E-state index is 12.2.